The van der Waals surface area contributed by atoms with E-state index in [0.717, 1.165) is 18.1 Å². The van der Waals surface area contributed by atoms with Crippen LogP contribution in [0.5, 0.6) is 0 Å². The van der Waals surface area contributed by atoms with Gasteiger partial charge in [-0.3, -0.25) is 4.79 Å². The van der Waals surface area contributed by atoms with E-state index in [4.69, 9.17) is 4.74 Å². The van der Waals surface area contributed by atoms with Crippen molar-refractivity contribution in [3.63, 3.8) is 0 Å². The Bertz CT molecular complexity index is 419. The molecule has 0 fully saturated rings. The number of nitrogens with one attached hydrogen (secondary N) is 2. The molecule has 0 unspecified atom stereocenters. The number of amides is 1. The highest BCUT2D eigenvalue weighted by atomic mass is 16.5. The van der Waals surface area contributed by atoms with Gasteiger partial charge in [0, 0.05) is 31.5 Å². The van der Waals surface area contributed by atoms with Crippen LogP contribution in [0.2, 0.25) is 0 Å². The van der Waals surface area contributed by atoms with Crippen LogP contribution < -0.4 is 10.6 Å². The van der Waals surface area contributed by atoms with Crippen molar-refractivity contribution in [1.82, 2.24) is 10.3 Å². The summed E-state index contributed by atoms with van der Waals surface area (Å²) in [6.07, 6.45) is 0. The van der Waals surface area contributed by atoms with Crippen molar-refractivity contribution in [2.45, 2.75) is 26.7 Å². The molecule has 0 radical (unpaired) electrons. The van der Waals surface area contributed by atoms with Gasteiger partial charge >= 0.3 is 0 Å². The number of ether oxygens (including phenoxy) is 1. The molecule has 1 aromatic rings. The molecule has 0 saturated heterocycles. The number of nitrogens with zero attached hydrogens (tertiary/aromatic N) is 1. The maximum atomic E-state index is 12.0. The zero-order valence-corrected chi connectivity index (χ0v) is 12.1. The van der Waals surface area contributed by atoms with Gasteiger partial charge < -0.3 is 15.4 Å². The lowest BCUT2D eigenvalue weighted by atomic mass is 10.1. The van der Waals surface area contributed by atoms with E-state index in [1.54, 1.807) is 13.2 Å². The van der Waals surface area contributed by atoms with E-state index in [1.165, 1.54) is 0 Å². The topological polar surface area (TPSA) is 63.2 Å². The summed E-state index contributed by atoms with van der Waals surface area (Å²) in [5.74, 6) is 0.926. The van der Waals surface area contributed by atoms with Crippen LogP contribution in [0.1, 0.15) is 42.7 Å². The largest absolute Gasteiger partial charge is 0.383 e. The molecule has 2 N–H and O–H groups in total. The zero-order chi connectivity index (χ0) is 14.3. The number of hydrogen-bond acceptors (Lipinski definition) is 4. The molecule has 0 aromatic carbocycles. The number of hydrogen-bond donors (Lipinski definition) is 2. The quantitative estimate of drug-likeness (QED) is 0.740. The van der Waals surface area contributed by atoms with Crippen molar-refractivity contribution < 1.29 is 9.53 Å². The normalized spacial score (nSPS) is 10.6. The molecule has 1 amide bonds. The Morgan fingerprint density at radius 2 is 2.16 bits per heavy atom. The first-order valence-corrected chi connectivity index (χ1v) is 6.61. The number of carbonyl (C=O) groups excluding carboxylic acids is 1. The van der Waals surface area contributed by atoms with Gasteiger partial charge in [0.05, 0.1) is 6.61 Å². The van der Waals surface area contributed by atoms with Crippen LogP contribution in [0.4, 0.5) is 5.82 Å². The molecular formula is C14H23N3O2. The maximum Gasteiger partial charge on any atom is 0.251 e. The van der Waals surface area contributed by atoms with E-state index in [2.05, 4.69) is 29.5 Å². The maximum absolute atomic E-state index is 12.0. The molecule has 5 nitrogen and oxygen atoms in total. The Kier molecular flexibility index (Phi) is 6.29. The first kappa shape index (κ1) is 15.4. The van der Waals surface area contributed by atoms with Crippen molar-refractivity contribution in [2.24, 2.45) is 0 Å². The van der Waals surface area contributed by atoms with Crippen LogP contribution in [-0.2, 0) is 4.74 Å². The van der Waals surface area contributed by atoms with E-state index in [-0.39, 0.29) is 11.8 Å². The fourth-order valence-electron chi connectivity index (χ4n) is 1.62. The number of pyridine rings is 1. The molecular weight excluding hydrogens is 242 g/mol. The third kappa shape index (κ3) is 4.87. The van der Waals surface area contributed by atoms with Gasteiger partial charge in [-0.15, -0.1) is 0 Å². The van der Waals surface area contributed by atoms with Crippen molar-refractivity contribution in [1.29, 1.82) is 0 Å². The van der Waals surface area contributed by atoms with Crippen LogP contribution in [-0.4, -0.2) is 37.7 Å². The molecule has 1 rings (SSSR count). The highest BCUT2D eigenvalue weighted by molar-refractivity contribution is 5.95. The van der Waals surface area contributed by atoms with Crippen LogP contribution in [0.15, 0.2) is 12.1 Å². The molecule has 0 spiro atoms. The Hall–Kier alpha value is -1.62. The van der Waals surface area contributed by atoms with Crippen molar-refractivity contribution >= 4 is 11.7 Å². The molecule has 0 atom stereocenters. The van der Waals surface area contributed by atoms with Gasteiger partial charge in [0.15, 0.2) is 0 Å². The van der Waals surface area contributed by atoms with Crippen LogP contribution in [0, 0.1) is 0 Å². The van der Waals surface area contributed by atoms with Gasteiger partial charge in [-0.2, -0.15) is 0 Å². The van der Waals surface area contributed by atoms with E-state index in [9.17, 15) is 4.79 Å². The first-order valence-electron chi connectivity index (χ1n) is 6.61. The first-order chi connectivity index (χ1) is 9.08. The molecule has 0 bridgehead atoms. The minimum atomic E-state index is -0.0968. The third-order valence-corrected chi connectivity index (χ3v) is 2.65. The average molecular weight is 265 g/mol. The summed E-state index contributed by atoms with van der Waals surface area (Å²) in [7, 11) is 1.61. The molecule has 0 aliphatic rings. The molecule has 0 aliphatic heterocycles. The minimum Gasteiger partial charge on any atom is -0.383 e. The predicted molar refractivity (Wildman–Crippen MR) is 76.7 cm³/mol. The summed E-state index contributed by atoms with van der Waals surface area (Å²) in [5, 5.41) is 5.97. The summed E-state index contributed by atoms with van der Waals surface area (Å²) in [4.78, 5) is 16.5. The number of carbonyl (C=O) groups is 1. The van der Waals surface area contributed by atoms with Crippen molar-refractivity contribution in [3.8, 4) is 0 Å². The third-order valence-electron chi connectivity index (χ3n) is 2.65. The Labute approximate surface area is 114 Å². The lowest BCUT2D eigenvalue weighted by Gasteiger charge is -2.12. The monoisotopic (exact) mass is 265 g/mol. The summed E-state index contributed by atoms with van der Waals surface area (Å²) in [6.45, 7) is 7.91. The van der Waals surface area contributed by atoms with Gasteiger partial charge in [-0.1, -0.05) is 13.8 Å². The SMILES string of the molecule is CCNc1cc(C(=O)NCCOC)cc(C(C)C)n1. The summed E-state index contributed by atoms with van der Waals surface area (Å²) < 4.78 is 4.91. The molecule has 5 heteroatoms. The molecule has 1 heterocycles. The van der Waals surface area contributed by atoms with Crippen LogP contribution >= 0.6 is 0 Å². The summed E-state index contributed by atoms with van der Waals surface area (Å²) in [6, 6.07) is 3.62. The van der Waals surface area contributed by atoms with Gasteiger partial charge in [-0.05, 0) is 25.0 Å². The number of anilines is 1. The predicted octanol–water partition coefficient (Wildman–Crippen LogP) is 2.01. The smallest absolute Gasteiger partial charge is 0.251 e. The number of methoxy groups -OCH3 is 1. The summed E-state index contributed by atoms with van der Waals surface area (Å²) in [5.41, 5.74) is 1.54. The molecule has 19 heavy (non-hydrogen) atoms. The highest BCUT2D eigenvalue weighted by Crippen LogP contribution is 2.17. The zero-order valence-electron chi connectivity index (χ0n) is 12.1. The van der Waals surface area contributed by atoms with E-state index >= 15 is 0 Å². The van der Waals surface area contributed by atoms with E-state index < -0.39 is 0 Å². The molecule has 1 aromatic heterocycles. The van der Waals surface area contributed by atoms with Crippen molar-refractivity contribution in [2.75, 3.05) is 32.1 Å². The van der Waals surface area contributed by atoms with Gasteiger partial charge in [0.2, 0.25) is 0 Å². The number of rotatable bonds is 7. The number of aromatic nitrogens is 1. The van der Waals surface area contributed by atoms with Crippen LogP contribution in [0.3, 0.4) is 0 Å². The standard InChI is InChI=1S/C14H23N3O2/c1-5-15-13-9-11(8-12(17-13)10(2)3)14(18)16-6-7-19-4/h8-10H,5-7H2,1-4H3,(H,15,17)(H,16,18). The van der Waals surface area contributed by atoms with Crippen molar-refractivity contribution in [3.05, 3.63) is 23.4 Å². The fourth-order valence-corrected chi connectivity index (χ4v) is 1.62. The lowest BCUT2D eigenvalue weighted by molar-refractivity contribution is 0.0937. The fraction of sp³-hybridized carbons (Fsp3) is 0.571. The minimum absolute atomic E-state index is 0.0968. The second-order valence-electron chi connectivity index (χ2n) is 4.60. The Balaban J connectivity index is 2.88. The molecule has 0 aliphatic carbocycles. The van der Waals surface area contributed by atoms with Crippen LogP contribution in [0.25, 0.3) is 0 Å². The average Bonchev–Trinajstić information content (AvgIpc) is 2.39. The second-order valence-corrected chi connectivity index (χ2v) is 4.60. The molecule has 0 saturated carbocycles. The van der Waals surface area contributed by atoms with E-state index in [1.807, 2.05) is 13.0 Å². The van der Waals surface area contributed by atoms with Gasteiger partial charge in [0.25, 0.3) is 5.91 Å². The lowest BCUT2D eigenvalue weighted by Crippen LogP contribution is -2.27. The van der Waals surface area contributed by atoms with E-state index in [0.29, 0.717) is 18.7 Å². The Morgan fingerprint density at radius 3 is 2.74 bits per heavy atom. The Morgan fingerprint density at radius 1 is 1.42 bits per heavy atom. The summed E-state index contributed by atoms with van der Waals surface area (Å²) >= 11 is 0. The van der Waals surface area contributed by atoms with Gasteiger partial charge in [-0.25, -0.2) is 4.98 Å². The highest BCUT2D eigenvalue weighted by Gasteiger charge is 2.11. The second kappa shape index (κ2) is 7.74. The van der Waals surface area contributed by atoms with Gasteiger partial charge in [0.1, 0.15) is 5.82 Å². The molecule has 106 valence electrons.